The molecule has 4 nitrogen and oxygen atoms in total. The lowest BCUT2D eigenvalue weighted by Crippen LogP contribution is -2.35. The molecule has 0 aliphatic carbocycles. The van der Waals surface area contributed by atoms with Crippen molar-refractivity contribution in [3.8, 4) is 0 Å². The first-order valence-electron chi connectivity index (χ1n) is 7.72. The minimum atomic E-state index is -0.189. The number of benzene rings is 1. The number of hydrogen-bond donors (Lipinski definition) is 2. The third kappa shape index (κ3) is 4.53. The maximum atomic E-state index is 11.8. The van der Waals surface area contributed by atoms with Crippen molar-refractivity contribution in [2.75, 3.05) is 23.3 Å². The Hall–Kier alpha value is -1.42. The number of rotatable bonds is 4. The second-order valence-corrected chi connectivity index (χ2v) is 6.03. The molecule has 5 heteroatoms. The molecule has 1 heterocycles. The number of carbonyl (C=O) groups is 1. The van der Waals surface area contributed by atoms with Crippen molar-refractivity contribution in [3.05, 3.63) is 23.2 Å². The van der Waals surface area contributed by atoms with Crippen molar-refractivity contribution in [1.29, 1.82) is 0 Å². The molecule has 21 heavy (non-hydrogen) atoms. The molecular weight excluding hydrogens is 286 g/mol. The van der Waals surface area contributed by atoms with Gasteiger partial charge in [-0.3, -0.25) is 0 Å². The first-order valence-corrected chi connectivity index (χ1v) is 8.10. The Morgan fingerprint density at radius 3 is 2.67 bits per heavy atom. The lowest BCUT2D eigenvalue weighted by molar-refractivity contribution is 0.249. The van der Waals surface area contributed by atoms with Crippen LogP contribution in [0.2, 0.25) is 5.02 Å². The van der Waals surface area contributed by atoms with Gasteiger partial charge in [0.25, 0.3) is 0 Å². The summed E-state index contributed by atoms with van der Waals surface area (Å²) in [5, 5.41) is 6.39. The number of carbonyl (C=O) groups excluding carboxylic acids is 1. The van der Waals surface area contributed by atoms with Gasteiger partial charge in [0.05, 0.1) is 10.7 Å². The van der Waals surface area contributed by atoms with Crippen molar-refractivity contribution in [2.24, 2.45) is 0 Å². The van der Waals surface area contributed by atoms with E-state index in [2.05, 4.69) is 15.5 Å². The number of amides is 2. The van der Waals surface area contributed by atoms with E-state index in [4.69, 9.17) is 11.6 Å². The van der Waals surface area contributed by atoms with Gasteiger partial charge in [-0.15, -0.1) is 0 Å². The number of nitrogens with zero attached hydrogens (tertiary/aromatic N) is 1. The molecule has 0 unspecified atom stereocenters. The maximum absolute atomic E-state index is 11.8. The molecule has 1 fully saturated rings. The summed E-state index contributed by atoms with van der Waals surface area (Å²) in [4.78, 5) is 14.1. The molecule has 1 aliphatic rings. The predicted octanol–water partition coefficient (Wildman–Crippen LogP) is 4.25. The Kier molecular flexibility index (Phi) is 5.74. The van der Waals surface area contributed by atoms with Gasteiger partial charge in [0.1, 0.15) is 0 Å². The Morgan fingerprint density at radius 2 is 2.05 bits per heavy atom. The van der Waals surface area contributed by atoms with E-state index >= 15 is 0 Å². The van der Waals surface area contributed by atoms with E-state index in [1.54, 1.807) is 0 Å². The number of nitrogens with one attached hydrogen (secondary N) is 2. The minimum absolute atomic E-state index is 0.160. The van der Waals surface area contributed by atoms with Gasteiger partial charge in [0.15, 0.2) is 0 Å². The number of halogens is 1. The fraction of sp³-hybridized carbons (Fsp3) is 0.562. The lowest BCUT2D eigenvalue weighted by Gasteiger charge is -2.29. The van der Waals surface area contributed by atoms with Gasteiger partial charge >= 0.3 is 6.03 Å². The van der Waals surface area contributed by atoms with Gasteiger partial charge in [-0.25, -0.2) is 4.79 Å². The smallest absolute Gasteiger partial charge is 0.319 e. The Morgan fingerprint density at radius 1 is 1.33 bits per heavy atom. The fourth-order valence-corrected chi connectivity index (χ4v) is 2.77. The van der Waals surface area contributed by atoms with E-state index in [1.807, 2.05) is 32.0 Å². The number of piperidine rings is 1. The zero-order valence-corrected chi connectivity index (χ0v) is 13.5. The Bertz CT molecular complexity index is 486. The first kappa shape index (κ1) is 16.0. The standard InChI is InChI=1S/C16H24ClN3O/c1-3-12(2)18-16(21)19-13-7-8-15(14(17)11-13)20-9-5-4-6-10-20/h7-8,11-12H,3-6,9-10H2,1-2H3,(H2,18,19,21)/t12-/m0/s1. The van der Waals surface area contributed by atoms with E-state index in [1.165, 1.54) is 19.3 Å². The van der Waals surface area contributed by atoms with Gasteiger partial charge in [0, 0.05) is 24.8 Å². The van der Waals surface area contributed by atoms with Gasteiger partial charge in [-0.2, -0.15) is 0 Å². The molecule has 116 valence electrons. The van der Waals surface area contributed by atoms with Gasteiger partial charge in [-0.05, 0) is 50.8 Å². The summed E-state index contributed by atoms with van der Waals surface area (Å²) in [7, 11) is 0. The highest BCUT2D eigenvalue weighted by Crippen LogP contribution is 2.30. The summed E-state index contributed by atoms with van der Waals surface area (Å²) in [6, 6.07) is 5.69. The van der Waals surface area contributed by atoms with Crippen LogP contribution in [0.4, 0.5) is 16.2 Å². The van der Waals surface area contributed by atoms with Crippen LogP contribution in [0.3, 0.4) is 0 Å². The van der Waals surface area contributed by atoms with Crippen LogP contribution < -0.4 is 15.5 Å². The predicted molar refractivity (Wildman–Crippen MR) is 89.4 cm³/mol. The van der Waals surface area contributed by atoms with Gasteiger partial charge in [-0.1, -0.05) is 18.5 Å². The van der Waals surface area contributed by atoms with Crippen molar-refractivity contribution >= 4 is 29.0 Å². The number of hydrogen-bond acceptors (Lipinski definition) is 2. The normalized spacial score (nSPS) is 16.4. The van der Waals surface area contributed by atoms with Crippen LogP contribution in [-0.2, 0) is 0 Å². The number of anilines is 2. The number of urea groups is 1. The summed E-state index contributed by atoms with van der Waals surface area (Å²) < 4.78 is 0. The Balaban J connectivity index is 1.99. The van der Waals surface area contributed by atoms with Crippen LogP contribution in [0.25, 0.3) is 0 Å². The zero-order chi connectivity index (χ0) is 15.2. The summed E-state index contributed by atoms with van der Waals surface area (Å²) in [5.74, 6) is 0. The largest absolute Gasteiger partial charge is 0.370 e. The summed E-state index contributed by atoms with van der Waals surface area (Å²) >= 11 is 6.37. The second kappa shape index (κ2) is 7.55. The molecule has 1 saturated heterocycles. The maximum Gasteiger partial charge on any atom is 0.319 e. The van der Waals surface area contributed by atoms with Crippen LogP contribution >= 0.6 is 11.6 Å². The van der Waals surface area contributed by atoms with Crippen molar-refractivity contribution in [3.63, 3.8) is 0 Å². The van der Waals surface area contributed by atoms with Gasteiger partial charge in [0.2, 0.25) is 0 Å². The van der Waals surface area contributed by atoms with Crippen LogP contribution in [0.1, 0.15) is 39.5 Å². The third-order valence-electron chi connectivity index (χ3n) is 3.89. The molecule has 0 radical (unpaired) electrons. The second-order valence-electron chi connectivity index (χ2n) is 5.62. The molecule has 1 aromatic rings. The van der Waals surface area contributed by atoms with E-state index in [-0.39, 0.29) is 12.1 Å². The first-order chi connectivity index (χ1) is 10.1. The lowest BCUT2D eigenvalue weighted by atomic mass is 10.1. The minimum Gasteiger partial charge on any atom is -0.370 e. The fourth-order valence-electron chi connectivity index (χ4n) is 2.47. The molecule has 2 N–H and O–H groups in total. The highest BCUT2D eigenvalue weighted by molar-refractivity contribution is 6.33. The summed E-state index contributed by atoms with van der Waals surface area (Å²) in [5.41, 5.74) is 1.78. The van der Waals surface area contributed by atoms with Crippen molar-refractivity contribution in [1.82, 2.24) is 5.32 Å². The molecule has 0 spiro atoms. The molecule has 0 aromatic heterocycles. The van der Waals surface area contributed by atoms with Crippen molar-refractivity contribution < 1.29 is 4.79 Å². The van der Waals surface area contributed by atoms with E-state index in [0.717, 1.165) is 30.9 Å². The monoisotopic (exact) mass is 309 g/mol. The molecular formula is C16H24ClN3O. The highest BCUT2D eigenvalue weighted by atomic mass is 35.5. The average Bonchev–Trinajstić information content (AvgIpc) is 2.48. The molecule has 2 rings (SSSR count). The van der Waals surface area contributed by atoms with Crippen molar-refractivity contribution in [2.45, 2.75) is 45.6 Å². The zero-order valence-electron chi connectivity index (χ0n) is 12.8. The summed E-state index contributed by atoms with van der Waals surface area (Å²) in [6.45, 7) is 6.13. The van der Waals surface area contributed by atoms with Crippen LogP contribution in [-0.4, -0.2) is 25.2 Å². The molecule has 1 atom stereocenters. The molecule has 0 saturated carbocycles. The molecule has 1 aromatic carbocycles. The SMILES string of the molecule is CC[C@H](C)NC(=O)Nc1ccc(N2CCCCC2)c(Cl)c1. The van der Waals surface area contributed by atoms with Crippen LogP contribution in [0.15, 0.2) is 18.2 Å². The molecule has 1 aliphatic heterocycles. The average molecular weight is 310 g/mol. The van der Waals surface area contributed by atoms with Crippen LogP contribution in [0, 0.1) is 0 Å². The third-order valence-corrected chi connectivity index (χ3v) is 4.19. The summed E-state index contributed by atoms with van der Waals surface area (Å²) in [6.07, 6.45) is 4.63. The van der Waals surface area contributed by atoms with Crippen LogP contribution in [0.5, 0.6) is 0 Å². The van der Waals surface area contributed by atoms with Gasteiger partial charge < -0.3 is 15.5 Å². The van der Waals surface area contributed by atoms with E-state index < -0.39 is 0 Å². The van der Waals surface area contributed by atoms with E-state index in [0.29, 0.717) is 5.02 Å². The Labute approximate surface area is 131 Å². The molecule has 0 bridgehead atoms. The quantitative estimate of drug-likeness (QED) is 0.873. The topological polar surface area (TPSA) is 44.4 Å². The highest BCUT2D eigenvalue weighted by Gasteiger charge is 2.14. The molecule has 2 amide bonds. The van der Waals surface area contributed by atoms with E-state index in [9.17, 15) is 4.79 Å².